The summed E-state index contributed by atoms with van der Waals surface area (Å²) in [6.07, 6.45) is 6.85. The predicted octanol–water partition coefficient (Wildman–Crippen LogP) is 4.81. The van der Waals surface area contributed by atoms with Gasteiger partial charge in [-0.05, 0) is 38.0 Å². The van der Waals surface area contributed by atoms with Crippen LogP contribution in [-0.2, 0) is 4.74 Å². The van der Waals surface area contributed by atoms with Crippen molar-refractivity contribution in [3.05, 3.63) is 58.2 Å². The lowest BCUT2D eigenvalue weighted by atomic mass is 9.95. The highest BCUT2D eigenvalue weighted by Crippen LogP contribution is 2.38. The molecule has 5 rings (SSSR count). The summed E-state index contributed by atoms with van der Waals surface area (Å²) >= 11 is 12.4. The van der Waals surface area contributed by atoms with Crippen LogP contribution < -0.4 is 15.8 Å². The number of pyridine rings is 1. The quantitative estimate of drug-likeness (QED) is 0.498. The molecular formula is C23H24Cl2FN5O2. The van der Waals surface area contributed by atoms with Gasteiger partial charge in [0.25, 0.3) is 0 Å². The summed E-state index contributed by atoms with van der Waals surface area (Å²) in [4.78, 5) is 4.28. The lowest BCUT2D eigenvalue weighted by Gasteiger charge is -2.20. The number of nitrogens with one attached hydrogen (secondary N) is 1. The third-order valence-electron chi connectivity index (χ3n) is 6.42. The molecule has 2 aliphatic rings. The molecule has 3 N–H and O–H groups in total. The Labute approximate surface area is 201 Å². The van der Waals surface area contributed by atoms with Gasteiger partial charge in [-0.15, -0.1) is 0 Å². The maximum atomic E-state index is 13.9. The number of hydrogen-bond donors (Lipinski definition) is 2. The second kappa shape index (κ2) is 8.76. The third-order valence-corrected chi connectivity index (χ3v) is 7.14. The molecule has 4 heterocycles. The van der Waals surface area contributed by atoms with E-state index in [1.165, 1.54) is 12.1 Å². The minimum absolute atomic E-state index is 0.0656. The highest BCUT2D eigenvalue weighted by molar-refractivity contribution is 6.36. The van der Waals surface area contributed by atoms with Crippen LogP contribution in [0.3, 0.4) is 0 Å². The van der Waals surface area contributed by atoms with Crippen LogP contribution in [0.25, 0.3) is 11.1 Å². The average molecular weight is 492 g/mol. The molecule has 1 spiro atoms. The first-order valence-corrected chi connectivity index (χ1v) is 11.5. The fourth-order valence-electron chi connectivity index (χ4n) is 4.58. The van der Waals surface area contributed by atoms with Crippen LogP contribution in [0, 0.1) is 5.82 Å². The summed E-state index contributed by atoms with van der Waals surface area (Å²) in [7, 11) is 0. The molecule has 3 unspecified atom stereocenters. The third kappa shape index (κ3) is 4.28. The molecule has 0 radical (unpaired) electrons. The van der Waals surface area contributed by atoms with E-state index in [2.05, 4.69) is 15.4 Å². The average Bonchev–Trinajstić information content (AvgIpc) is 3.55. The Balaban J connectivity index is 1.36. The predicted molar refractivity (Wildman–Crippen MR) is 125 cm³/mol. The minimum atomic E-state index is -0.642. The Morgan fingerprint density at radius 2 is 2.18 bits per heavy atom. The molecule has 2 saturated heterocycles. The Hall–Kier alpha value is -2.39. The number of benzene rings is 1. The number of anilines is 1. The van der Waals surface area contributed by atoms with Gasteiger partial charge in [-0.2, -0.15) is 5.10 Å². The van der Waals surface area contributed by atoms with Crippen molar-refractivity contribution in [3.8, 4) is 16.9 Å². The van der Waals surface area contributed by atoms with E-state index in [4.69, 9.17) is 38.4 Å². The van der Waals surface area contributed by atoms with E-state index >= 15 is 0 Å². The summed E-state index contributed by atoms with van der Waals surface area (Å²) in [5.74, 6) is 0.00432. The fourth-order valence-corrected chi connectivity index (χ4v) is 5.26. The Morgan fingerprint density at radius 3 is 2.97 bits per heavy atom. The Morgan fingerprint density at radius 1 is 1.33 bits per heavy atom. The summed E-state index contributed by atoms with van der Waals surface area (Å²) < 4.78 is 27.5. The Bertz CT molecular complexity index is 1180. The van der Waals surface area contributed by atoms with Gasteiger partial charge in [0.15, 0.2) is 11.6 Å². The summed E-state index contributed by atoms with van der Waals surface area (Å²) in [5, 5.41) is 8.43. The smallest absolute Gasteiger partial charge is 0.166 e. The lowest BCUT2D eigenvalue weighted by molar-refractivity contribution is 0.171. The molecule has 174 valence electrons. The van der Waals surface area contributed by atoms with E-state index in [0.717, 1.165) is 43.7 Å². The fraction of sp³-hybridized carbons (Fsp3) is 0.391. The van der Waals surface area contributed by atoms with Crippen molar-refractivity contribution in [3.63, 3.8) is 0 Å². The molecule has 2 aliphatic heterocycles. The molecule has 0 saturated carbocycles. The highest BCUT2D eigenvalue weighted by Gasteiger charge is 2.42. The molecule has 3 atom stereocenters. The van der Waals surface area contributed by atoms with E-state index in [0.29, 0.717) is 16.3 Å². The zero-order valence-corrected chi connectivity index (χ0v) is 19.5. The first kappa shape index (κ1) is 22.4. The number of rotatable bonds is 5. The van der Waals surface area contributed by atoms with Gasteiger partial charge in [0, 0.05) is 52.8 Å². The van der Waals surface area contributed by atoms with Crippen molar-refractivity contribution in [2.45, 2.75) is 37.5 Å². The van der Waals surface area contributed by atoms with Crippen molar-refractivity contribution < 1.29 is 13.9 Å². The van der Waals surface area contributed by atoms with Gasteiger partial charge in [0.05, 0.1) is 23.9 Å². The van der Waals surface area contributed by atoms with Crippen LogP contribution in [0.4, 0.5) is 10.2 Å². The van der Waals surface area contributed by atoms with E-state index in [9.17, 15) is 4.39 Å². The molecule has 33 heavy (non-hydrogen) atoms. The molecule has 2 aromatic heterocycles. The van der Waals surface area contributed by atoms with Gasteiger partial charge in [-0.3, -0.25) is 4.68 Å². The van der Waals surface area contributed by atoms with Crippen LogP contribution in [-0.4, -0.2) is 40.1 Å². The minimum Gasteiger partial charge on any atom is -0.482 e. The number of nitrogens with two attached hydrogens (primary N) is 1. The van der Waals surface area contributed by atoms with Crippen LogP contribution in [0.15, 0.2) is 36.8 Å². The molecule has 0 bridgehead atoms. The van der Waals surface area contributed by atoms with E-state index in [1.54, 1.807) is 25.4 Å². The van der Waals surface area contributed by atoms with E-state index < -0.39 is 11.9 Å². The number of hydrogen-bond acceptors (Lipinski definition) is 6. The van der Waals surface area contributed by atoms with E-state index in [-0.39, 0.29) is 22.4 Å². The molecule has 0 amide bonds. The molecular weight excluding hydrogens is 468 g/mol. The van der Waals surface area contributed by atoms with Crippen molar-refractivity contribution in [1.82, 2.24) is 20.1 Å². The molecule has 10 heteroatoms. The molecule has 1 aromatic carbocycles. The SMILES string of the molecule is CC(Oc1cc(-c2cnn(C3CNC4(CCOC4)C3)c2)cnc1N)c1c(Cl)ccc(F)c1Cl. The number of nitrogens with zero attached hydrogens (tertiary/aromatic N) is 3. The van der Waals surface area contributed by atoms with Gasteiger partial charge >= 0.3 is 0 Å². The standard InChI is InChI=1S/C23H24Cl2FN5O2/c1-13(20-17(24)2-3-18(26)21(20)25)33-19-6-14(8-28-22(19)27)15-9-30-31(11-15)16-7-23(29-10-16)4-5-32-12-23/h2-3,6,8-9,11,13,16,29H,4-5,7,10,12H2,1H3,(H2,27,28). The summed E-state index contributed by atoms with van der Waals surface area (Å²) in [5.41, 5.74) is 8.17. The van der Waals surface area contributed by atoms with Gasteiger partial charge in [-0.1, -0.05) is 23.2 Å². The monoisotopic (exact) mass is 491 g/mol. The van der Waals surface area contributed by atoms with Gasteiger partial charge in [-0.25, -0.2) is 9.37 Å². The summed E-state index contributed by atoms with van der Waals surface area (Å²) in [6.45, 7) is 4.13. The largest absolute Gasteiger partial charge is 0.482 e. The van der Waals surface area contributed by atoms with Gasteiger partial charge in [0.2, 0.25) is 0 Å². The number of ether oxygens (including phenoxy) is 2. The lowest BCUT2D eigenvalue weighted by Crippen LogP contribution is -2.39. The maximum Gasteiger partial charge on any atom is 0.166 e. The normalized spacial score (nSPS) is 23.3. The number of aromatic nitrogens is 3. The summed E-state index contributed by atoms with van der Waals surface area (Å²) in [6, 6.07) is 4.72. The van der Waals surface area contributed by atoms with Crippen LogP contribution >= 0.6 is 23.2 Å². The van der Waals surface area contributed by atoms with Crippen molar-refractivity contribution in [2.75, 3.05) is 25.5 Å². The first-order chi connectivity index (χ1) is 15.8. The van der Waals surface area contributed by atoms with Crippen LogP contribution in [0.2, 0.25) is 10.0 Å². The second-order valence-corrected chi connectivity index (χ2v) is 9.44. The number of nitrogen functional groups attached to an aromatic ring is 1. The van der Waals surface area contributed by atoms with E-state index in [1.807, 2.05) is 10.9 Å². The van der Waals surface area contributed by atoms with Gasteiger partial charge < -0.3 is 20.5 Å². The Kier molecular flexibility index (Phi) is 5.95. The zero-order valence-electron chi connectivity index (χ0n) is 18.0. The molecule has 7 nitrogen and oxygen atoms in total. The first-order valence-electron chi connectivity index (χ1n) is 10.8. The highest BCUT2D eigenvalue weighted by atomic mass is 35.5. The van der Waals surface area contributed by atoms with Crippen LogP contribution in [0.5, 0.6) is 5.75 Å². The topological polar surface area (TPSA) is 87.2 Å². The van der Waals surface area contributed by atoms with Crippen LogP contribution in [0.1, 0.15) is 37.5 Å². The second-order valence-electron chi connectivity index (χ2n) is 8.66. The van der Waals surface area contributed by atoms with Gasteiger partial charge in [0.1, 0.15) is 11.9 Å². The molecule has 3 aromatic rings. The maximum absolute atomic E-state index is 13.9. The molecule has 2 fully saturated rings. The van der Waals surface area contributed by atoms with Crippen molar-refractivity contribution in [1.29, 1.82) is 0 Å². The molecule has 0 aliphatic carbocycles. The zero-order chi connectivity index (χ0) is 23.2. The number of halogens is 3. The van der Waals surface area contributed by atoms with Crippen molar-refractivity contribution >= 4 is 29.0 Å². The van der Waals surface area contributed by atoms with Crippen molar-refractivity contribution in [2.24, 2.45) is 0 Å².